The van der Waals surface area contributed by atoms with E-state index in [1.165, 1.54) is 5.56 Å². The van der Waals surface area contributed by atoms with Crippen LogP contribution in [0.1, 0.15) is 44.1 Å². The molecule has 0 radical (unpaired) electrons. The van der Waals surface area contributed by atoms with Crippen molar-refractivity contribution in [2.45, 2.75) is 63.7 Å². The maximum absolute atomic E-state index is 13.2. The Bertz CT molecular complexity index is 721. The number of alkyl halides is 3. The summed E-state index contributed by atoms with van der Waals surface area (Å²) in [6.45, 7) is 2.04. The fourth-order valence-corrected chi connectivity index (χ4v) is 3.43. The van der Waals surface area contributed by atoms with Crippen LogP contribution in [0, 0.1) is 12.8 Å². The minimum Gasteiger partial charge on any atom is -0.480 e. The van der Waals surface area contributed by atoms with E-state index in [0.717, 1.165) is 6.42 Å². The summed E-state index contributed by atoms with van der Waals surface area (Å²) >= 11 is 0. The standard InChI is InChI=1S/C13H17F3N2O4.C6H7N/c14-13(15,16)10(7-4-2-1-3-5-7)17-12(22)18-8(11(20)21)6-9(18)19;1-6-2-4-7-5-3-6/h7-8,10H,1-6H2,(H,17,22)(H,20,21);2-5H,1H3. The molecule has 1 saturated heterocycles. The molecule has 0 aromatic carbocycles. The number of β-lactam (4-membered cyclic amide) rings is 1. The number of aryl methyl sites for hydroxylation is 1. The normalized spacial score (nSPS) is 20.8. The van der Waals surface area contributed by atoms with Gasteiger partial charge in [0.25, 0.3) is 0 Å². The van der Waals surface area contributed by atoms with Crippen molar-refractivity contribution in [3.63, 3.8) is 0 Å². The Morgan fingerprint density at radius 3 is 2.21 bits per heavy atom. The van der Waals surface area contributed by atoms with Crippen molar-refractivity contribution < 1.29 is 32.7 Å². The maximum Gasteiger partial charge on any atom is 0.408 e. The number of carbonyl (C=O) groups is 3. The Balaban J connectivity index is 0.000000360. The molecule has 1 aromatic heterocycles. The first-order valence-corrected chi connectivity index (χ1v) is 9.40. The second kappa shape index (κ2) is 9.71. The van der Waals surface area contributed by atoms with Crippen molar-refractivity contribution in [2.75, 3.05) is 0 Å². The highest BCUT2D eigenvalue weighted by Gasteiger charge is 2.50. The lowest BCUT2D eigenvalue weighted by Crippen LogP contribution is -2.64. The van der Waals surface area contributed by atoms with E-state index in [2.05, 4.69) is 4.98 Å². The zero-order valence-electron chi connectivity index (χ0n) is 16.0. The fourth-order valence-electron chi connectivity index (χ4n) is 3.43. The molecule has 160 valence electrons. The number of hydrogen-bond donors (Lipinski definition) is 2. The van der Waals surface area contributed by atoms with Gasteiger partial charge in [-0.25, -0.2) is 14.5 Å². The molecule has 3 amide bonds. The molecule has 2 heterocycles. The second-order valence-electron chi connectivity index (χ2n) is 7.21. The van der Waals surface area contributed by atoms with Crippen LogP contribution in [0.3, 0.4) is 0 Å². The topological polar surface area (TPSA) is 99.6 Å². The van der Waals surface area contributed by atoms with Crippen LogP contribution in [0.2, 0.25) is 0 Å². The zero-order chi connectivity index (χ0) is 21.6. The molecule has 0 spiro atoms. The van der Waals surface area contributed by atoms with Crippen molar-refractivity contribution in [1.82, 2.24) is 15.2 Å². The molecule has 1 aromatic rings. The molecule has 2 aliphatic rings. The number of rotatable bonds is 3. The summed E-state index contributed by atoms with van der Waals surface area (Å²) in [6, 6.07) is -0.771. The van der Waals surface area contributed by atoms with E-state index in [9.17, 15) is 27.6 Å². The van der Waals surface area contributed by atoms with Gasteiger partial charge in [0.05, 0.1) is 6.42 Å². The molecule has 2 atom stereocenters. The molecule has 1 aliphatic heterocycles. The predicted molar refractivity (Wildman–Crippen MR) is 96.8 cm³/mol. The zero-order valence-corrected chi connectivity index (χ0v) is 16.0. The van der Waals surface area contributed by atoms with Gasteiger partial charge in [0.15, 0.2) is 0 Å². The lowest BCUT2D eigenvalue weighted by molar-refractivity contribution is -0.170. The average molecular weight is 415 g/mol. The van der Waals surface area contributed by atoms with E-state index < -0.39 is 42.1 Å². The fraction of sp³-hybridized carbons (Fsp3) is 0.579. The number of likely N-dealkylation sites (tertiary alicyclic amines) is 1. The van der Waals surface area contributed by atoms with Gasteiger partial charge in [-0.15, -0.1) is 0 Å². The summed E-state index contributed by atoms with van der Waals surface area (Å²) in [5, 5.41) is 10.6. The monoisotopic (exact) mass is 415 g/mol. The van der Waals surface area contributed by atoms with Gasteiger partial charge in [0.1, 0.15) is 12.1 Å². The number of carbonyl (C=O) groups excluding carboxylic acids is 2. The molecule has 1 aliphatic carbocycles. The van der Waals surface area contributed by atoms with Crippen LogP contribution >= 0.6 is 0 Å². The van der Waals surface area contributed by atoms with E-state index in [-0.39, 0.29) is 6.42 Å². The van der Waals surface area contributed by atoms with Crippen LogP contribution in [-0.2, 0) is 9.59 Å². The Kier molecular flexibility index (Phi) is 7.58. The number of aromatic nitrogens is 1. The van der Waals surface area contributed by atoms with Gasteiger partial charge in [-0.05, 0) is 43.4 Å². The maximum atomic E-state index is 13.2. The van der Waals surface area contributed by atoms with Crippen molar-refractivity contribution in [3.8, 4) is 0 Å². The molecule has 2 unspecified atom stereocenters. The SMILES string of the molecule is Cc1ccncc1.O=C(O)C1CC(=O)N1C(=O)NC(C1CCCCC1)C(F)(F)F. The molecule has 7 nitrogen and oxygen atoms in total. The Morgan fingerprint density at radius 1 is 1.21 bits per heavy atom. The van der Waals surface area contributed by atoms with Crippen molar-refractivity contribution in [3.05, 3.63) is 30.1 Å². The van der Waals surface area contributed by atoms with E-state index in [0.29, 0.717) is 30.6 Å². The number of pyridine rings is 1. The number of aliphatic carboxylic acids is 1. The number of nitrogens with zero attached hydrogens (tertiary/aromatic N) is 2. The Labute approximate surface area is 166 Å². The number of nitrogens with one attached hydrogen (secondary N) is 1. The van der Waals surface area contributed by atoms with Gasteiger partial charge in [-0.1, -0.05) is 19.3 Å². The number of hydrogen-bond acceptors (Lipinski definition) is 4. The number of urea groups is 1. The first-order valence-electron chi connectivity index (χ1n) is 9.40. The molecule has 29 heavy (non-hydrogen) atoms. The highest BCUT2D eigenvalue weighted by Crippen LogP contribution is 2.35. The Hall–Kier alpha value is -2.65. The molecule has 1 saturated carbocycles. The van der Waals surface area contributed by atoms with Gasteiger partial charge in [-0.3, -0.25) is 9.78 Å². The molecule has 3 rings (SSSR count). The van der Waals surface area contributed by atoms with Gasteiger partial charge in [0.2, 0.25) is 5.91 Å². The highest BCUT2D eigenvalue weighted by molar-refractivity contribution is 6.05. The summed E-state index contributed by atoms with van der Waals surface area (Å²) in [5.74, 6) is -2.93. The van der Waals surface area contributed by atoms with Crippen LogP contribution in [0.4, 0.5) is 18.0 Å². The predicted octanol–water partition coefficient (Wildman–Crippen LogP) is 3.28. The molecule has 0 bridgehead atoms. The van der Waals surface area contributed by atoms with Crippen LogP contribution in [-0.4, -0.2) is 51.2 Å². The van der Waals surface area contributed by atoms with Gasteiger partial charge >= 0.3 is 18.2 Å². The molecule has 2 N–H and O–H groups in total. The van der Waals surface area contributed by atoms with Gasteiger partial charge in [0, 0.05) is 12.4 Å². The Morgan fingerprint density at radius 2 is 1.79 bits per heavy atom. The summed E-state index contributed by atoms with van der Waals surface area (Å²) in [4.78, 5) is 38.2. The lowest BCUT2D eigenvalue weighted by Gasteiger charge is -2.38. The minimum absolute atomic E-state index is 0.348. The number of carboxylic acid groups (broad SMARTS) is 1. The van der Waals surface area contributed by atoms with Gasteiger partial charge < -0.3 is 10.4 Å². The van der Waals surface area contributed by atoms with Crippen molar-refractivity contribution in [2.24, 2.45) is 5.92 Å². The van der Waals surface area contributed by atoms with Crippen LogP contribution < -0.4 is 5.32 Å². The number of amides is 3. The van der Waals surface area contributed by atoms with Crippen molar-refractivity contribution >= 4 is 17.9 Å². The highest BCUT2D eigenvalue weighted by atomic mass is 19.4. The molecular formula is C19H24F3N3O4. The van der Waals surface area contributed by atoms with Gasteiger partial charge in [-0.2, -0.15) is 13.2 Å². The molecule has 2 fully saturated rings. The second-order valence-corrected chi connectivity index (χ2v) is 7.21. The largest absolute Gasteiger partial charge is 0.480 e. The first kappa shape index (κ1) is 22.6. The van der Waals surface area contributed by atoms with E-state index in [4.69, 9.17) is 5.11 Å². The summed E-state index contributed by atoms with van der Waals surface area (Å²) in [5.41, 5.74) is 1.26. The smallest absolute Gasteiger partial charge is 0.408 e. The molecule has 10 heteroatoms. The van der Waals surface area contributed by atoms with Crippen molar-refractivity contribution in [1.29, 1.82) is 0 Å². The third-order valence-electron chi connectivity index (χ3n) is 5.05. The van der Waals surface area contributed by atoms with E-state index in [1.54, 1.807) is 12.4 Å². The number of carboxylic acids is 1. The third kappa shape index (κ3) is 6.16. The number of imide groups is 1. The minimum atomic E-state index is -4.63. The summed E-state index contributed by atoms with van der Waals surface area (Å²) in [6.07, 6.45) is 1.45. The van der Waals surface area contributed by atoms with Crippen LogP contribution in [0.5, 0.6) is 0 Å². The summed E-state index contributed by atoms with van der Waals surface area (Å²) in [7, 11) is 0. The summed E-state index contributed by atoms with van der Waals surface area (Å²) < 4.78 is 39.5. The quantitative estimate of drug-likeness (QED) is 0.738. The van der Waals surface area contributed by atoms with E-state index >= 15 is 0 Å². The third-order valence-corrected chi connectivity index (χ3v) is 5.05. The van der Waals surface area contributed by atoms with E-state index in [1.807, 2.05) is 24.4 Å². The first-order chi connectivity index (χ1) is 13.6. The molecular weight excluding hydrogens is 391 g/mol. The van der Waals surface area contributed by atoms with Crippen LogP contribution in [0.15, 0.2) is 24.5 Å². The van der Waals surface area contributed by atoms with Crippen LogP contribution in [0.25, 0.3) is 0 Å². The lowest BCUT2D eigenvalue weighted by atomic mass is 9.83. The average Bonchev–Trinajstić information content (AvgIpc) is 2.65. The number of halogens is 3.